The van der Waals surface area contributed by atoms with Gasteiger partial charge in [-0.15, -0.1) is 0 Å². The summed E-state index contributed by atoms with van der Waals surface area (Å²) < 4.78 is 18.8. The minimum Gasteiger partial charge on any atom is -0.496 e. The summed E-state index contributed by atoms with van der Waals surface area (Å²) in [6.45, 7) is 0. The summed E-state index contributed by atoms with van der Waals surface area (Å²) in [5.74, 6) is -0.297. The van der Waals surface area contributed by atoms with Crippen LogP contribution in [-0.2, 0) is 0 Å². The van der Waals surface area contributed by atoms with Gasteiger partial charge in [0.15, 0.2) is 0 Å². The molecule has 3 rings (SSSR count). The Morgan fingerprint density at radius 2 is 2.07 bits per heavy atom. The highest BCUT2D eigenvalue weighted by Gasteiger charge is 2.13. The van der Waals surface area contributed by atoms with Crippen molar-refractivity contribution in [2.45, 2.75) is 0 Å². The fourth-order valence-electron chi connectivity index (χ4n) is 2.44. The molecular weight excluding hydrogens is 385 g/mol. The number of halogens is 2. The summed E-state index contributed by atoms with van der Waals surface area (Å²) >= 11 is 5.95. The first kappa shape index (κ1) is 19.1. The molecule has 3 aromatic rings. The van der Waals surface area contributed by atoms with Gasteiger partial charge in [0, 0.05) is 5.56 Å². The van der Waals surface area contributed by atoms with Crippen LogP contribution >= 0.6 is 11.6 Å². The standard InChI is InChI=1S/C19H13ClFN5O2/c1-28-15-8-7-14(21)16(20)13(15)10-23-26-19-24-17(11-5-3-2-4-6-11)12(9-22)18(27)25-19/h2-8,10H,1H3,(H2,24,25,26,27). The van der Waals surface area contributed by atoms with Crippen LogP contribution < -0.4 is 15.7 Å². The van der Waals surface area contributed by atoms with Crippen molar-refractivity contribution in [2.75, 3.05) is 12.5 Å². The van der Waals surface area contributed by atoms with Gasteiger partial charge in [-0.05, 0) is 12.1 Å². The SMILES string of the molecule is COc1ccc(F)c(Cl)c1C=NNc1nc(-c2ccccc2)c(C#N)c(=O)[nH]1. The second-order valence-electron chi connectivity index (χ2n) is 5.46. The first-order valence-corrected chi connectivity index (χ1v) is 8.34. The maximum atomic E-state index is 13.7. The topological polar surface area (TPSA) is 103 Å². The Balaban J connectivity index is 1.96. The van der Waals surface area contributed by atoms with Crippen LogP contribution in [0.5, 0.6) is 5.75 Å². The van der Waals surface area contributed by atoms with E-state index in [1.165, 1.54) is 25.5 Å². The van der Waals surface area contributed by atoms with Crippen LogP contribution in [0.15, 0.2) is 52.4 Å². The summed E-state index contributed by atoms with van der Waals surface area (Å²) in [6, 6.07) is 13.2. The van der Waals surface area contributed by atoms with Crippen molar-refractivity contribution in [1.82, 2.24) is 9.97 Å². The number of H-pyrrole nitrogens is 1. The Morgan fingerprint density at radius 1 is 1.32 bits per heavy atom. The molecule has 1 heterocycles. The lowest BCUT2D eigenvalue weighted by molar-refractivity contribution is 0.413. The minimum atomic E-state index is -0.625. The zero-order valence-corrected chi connectivity index (χ0v) is 15.3. The smallest absolute Gasteiger partial charge is 0.270 e. The number of aromatic nitrogens is 2. The number of anilines is 1. The number of aromatic amines is 1. The number of nitriles is 1. The highest BCUT2D eigenvalue weighted by Crippen LogP contribution is 2.27. The number of hydrazone groups is 1. The largest absolute Gasteiger partial charge is 0.496 e. The van der Waals surface area contributed by atoms with Gasteiger partial charge in [0.1, 0.15) is 23.2 Å². The van der Waals surface area contributed by atoms with Crippen molar-refractivity contribution in [3.63, 3.8) is 0 Å². The lowest BCUT2D eigenvalue weighted by atomic mass is 10.1. The number of rotatable bonds is 5. The Labute approximate surface area is 164 Å². The molecular formula is C19H13ClFN5O2. The second kappa shape index (κ2) is 8.33. The quantitative estimate of drug-likeness (QED) is 0.506. The predicted octanol–water partition coefficient (Wildman–Crippen LogP) is 3.56. The maximum Gasteiger partial charge on any atom is 0.270 e. The molecule has 0 aliphatic carbocycles. The molecule has 0 aliphatic heterocycles. The Kier molecular flexibility index (Phi) is 5.67. The van der Waals surface area contributed by atoms with E-state index in [2.05, 4.69) is 20.5 Å². The van der Waals surface area contributed by atoms with Gasteiger partial charge >= 0.3 is 0 Å². The lowest BCUT2D eigenvalue weighted by Gasteiger charge is -2.08. The van der Waals surface area contributed by atoms with Gasteiger partial charge in [0.05, 0.1) is 29.6 Å². The van der Waals surface area contributed by atoms with Crippen LogP contribution in [-0.4, -0.2) is 23.3 Å². The second-order valence-corrected chi connectivity index (χ2v) is 5.84. The molecule has 2 aromatic carbocycles. The molecule has 0 fully saturated rings. The Morgan fingerprint density at radius 3 is 2.75 bits per heavy atom. The van der Waals surface area contributed by atoms with Crippen molar-refractivity contribution in [3.8, 4) is 23.1 Å². The molecule has 0 saturated heterocycles. The molecule has 0 aliphatic rings. The normalized spacial score (nSPS) is 10.6. The van der Waals surface area contributed by atoms with Gasteiger partial charge in [0.2, 0.25) is 5.95 Å². The van der Waals surface area contributed by atoms with E-state index >= 15 is 0 Å². The fourth-order valence-corrected chi connectivity index (χ4v) is 2.64. The van der Waals surface area contributed by atoms with Crippen LogP contribution in [0.2, 0.25) is 5.02 Å². The average molecular weight is 398 g/mol. The van der Waals surface area contributed by atoms with Crippen LogP contribution in [0.4, 0.5) is 10.3 Å². The monoisotopic (exact) mass is 397 g/mol. The molecule has 0 atom stereocenters. The average Bonchev–Trinajstić information content (AvgIpc) is 2.71. The number of hydrogen-bond donors (Lipinski definition) is 2. The molecule has 0 radical (unpaired) electrons. The van der Waals surface area contributed by atoms with Gasteiger partial charge in [-0.25, -0.2) is 14.8 Å². The molecule has 28 heavy (non-hydrogen) atoms. The van der Waals surface area contributed by atoms with E-state index in [9.17, 15) is 14.4 Å². The summed E-state index contributed by atoms with van der Waals surface area (Å²) in [7, 11) is 1.42. The first-order valence-electron chi connectivity index (χ1n) is 7.96. The molecule has 140 valence electrons. The van der Waals surface area contributed by atoms with E-state index in [0.717, 1.165) is 0 Å². The zero-order valence-electron chi connectivity index (χ0n) is 14.5. The van der Waals surface area contributed by atoms with Gasteiger partial charge in [0.25, 0.3) is 5.56 Å². The van der Waals surface area contributed by atoms with Crippen LogP contribution in [0, 0.1) is 17.1 Å². The number of nitrogens with zero attached hydrogens (tertiary/aromatic N) is 3. The van der Waals surface area contributed by atoms with Gasteiger partial charge in [-0.3, -0.25) is 9.78 Å². The number of ether oxygens (including phenoxy) is 1. The predicted molar refractivity (Wildman–Crippen MR) is 104 cm³/mol. The molecule has 0 spiro atoms. The maximum absolute atomic E-state index is 13.7. The molecule has 0 amide bonds. The van der Waals surface area contributed by atoms with E-state index in [0.29, 0.717) is 11.3 Å². The van der Waals surface area contributed by atoms with Crippen molar-refractivity contribution >= 4 is 23.8 Å². The molecule has 2 N–H and O–H groups in total. The van der Waals surface area contributed by atoms with Crippen LogP contribution in [0.25, 0.3) is 11.3 Å². The van der Waals surface area contributed by atoms with E-state index < -0.39 is 11.4 Å². The minimum absolute atomic E-state index is 0.00518. The summed E-state index contributed by atoms with van der Waals surface area (Å²) in [5, 5.41) is 13.0. The Bertz CT molecular complexity index is 1140. The number of hydrogen-bond acceptors (Lipinski definition) is 6. The Hall–Kier alpha value is -3.70. The van der Waals surface area contributed by atoms with Crippen molar-refractivity contribution < 1.29 is 9.13 Å². The van der Waals surface area contributed by atoms with Gasteiger partial charge < -0.3 is 4.74 Å². The molecule has 0 unspecified atom stereocenters. The van der Waals surface area contributed by atoms with Crippen molar-refractivity contribution in [3.05, 3.63) is 74.8 Å². The van der Waals surface area contributed by atoms with Crippen LogP contribution in [0.3, 0.4) is 0 Å². The lowest BCUT2D eigenvalue weighted by Crippen LogP contribution is -2.16. The van der Waals surface area contributed by atoms with E-state index in [1.54, 1.807) is 24.3 Å². The third-order valence-corrected chi connectivity index (χ3v) is 4.14. The van der Waals surface area contributed by atoms with Gasteiger partial charge in [-0.1, -0.05) is 41.9 Å². The number of benzene rings is 2. The third kappa shape index (κ3) is 3.84. The zero-order chi connectivity index (χ0) is 20.1. The van der Waals surface area contributed by atoms with Crippen molar-refractivity contribution in [2.24, 2.45) is 5.10 Å². The fraction of sp³-hybridized carbons (Fsp3) is 0.0526. The molecule has 0 bridgehead atoms. The van der Waals surface area contributed by atoms with E-state index in [4.69, 9.17) is 16.3 Å². The third-order valence-electron chi connectivity index (χ3n) is 3.76. The van der Waals surface area contributed by atoms with E-state index in [-0.39, 0.29) is 27.8 Å². The summed E-state index contributed by atoms with van der Waals surface area (Å²) in [4.78, 5) is 18.9. The number of methoxy groups -OCH3 is 1. The number of nitrogens with one attached hydrogen (secondary N) is 2. The van der Waals surface area contributed by atoms with E-state index in [1.807, 2.05) is 12.1 Å². The molecule has 0 saturated carbocycles. The summed E-state index contributed by atoms with van der Waals surface area (Å²) in [5.41, 5.74) is 2.86. The van der Waals surface area contributed by atoms with Crippen LogP contribution in [0.1, 0.15) is 11.1 Å². The first-order chi connectivity index (χ1) is 13.5. The highest BCUT2D eigenvalue weighted by atomic mass is 35.5. The van der Waals surface area contributed by atoms with Gasteiger partial charge in [-0.2, -0.15) is 10.4 Å². The summed E-state index contributed by atoms with van der Waals surface area (Å²) in [6.07, 6.45) is 1.24. The molecule has 9 heteroatoms. The molecule has 1 aromatic heterocycles. The van der Waals surface area contributed by atoms with Crippen molar-refractivity contribution in [1.29, 1.82) is 5.26 Å². The highest BCUT2D eigenvalue weighted by molar-refractivity contribution is 6.33. The molecule has 7 nitrogen and oxygen atoms in total.